The molecule has 5 heteroatoms. The van der Waals surface area contributed by atoms with Gasteiger partial charge < -0.3 is 5.32 Å². The Bertz CT molecular complexity index is 627. The molecule has 3 nitrogen and oxygen atoms in total. The van der Waals surface area contributed by atoms with Gasteiger partial charge in [-0.1, -0.05) is 13.0 Å². The topological polar surface area (TPSA) is 37.8 Å². The minimum atomic E-state index is 0.837. The van der Waals surface area contributed by atoms with Crippen LogP contribution in [0.25, 0.3) is 20.8 Å². The molecule has 100 valence electrons. The summed E-state index contributed by atoms with van der Waals surface area (Å²) < 4.78 is 1.18. The van der Waals surface area contributed by atoms with Crippen LogP contribution in [0.2, 0.25) is 0 Å². The van der Waals surface area contributed by atoms with Crippen molar-refractivity contribution in [2.45, 2.75) is 13.8 Å². The van der Waals surface area contributed by atoms with Gasteiger partial charge in [0.05, 0.1) is 15.1 Å². The van der Waals surface area contributed by atoms with Gasteiger partial charge in [-0.05, 0) is 43.4 Å². The number of rotatable bonds is 2. The molecule has 0 aromatic carbocycles. The second kappa shape index (κ2) is 6.75. The van der Waals surface area contributed by atoms with Crippen LogP contribution in [0.5, 0.6) is 0 Å². The predicted molar refractivity (Wildman–Crippen MR) is 85.1 cm³/mol. The van der Waals surface area contributed by atoms with Gasteiger partial charge in [0.25, 0.3) is 0 Å². The molecule has 0 saturated heterocycles. The maximum atomic E-state index is 4.53. The Kier molecular flexibility index (Phi) is 5.01. The summed E-state index contributed by atoms with van der Waals surface area (Å²) in [4.78, 5) is 10.2. The van der Waals surface area contributed by atoms with Gasteiger partial charge in [-0.15, -0.1) is 22.7 Å². The van der Waals surface area contributed by atoms with Crippen LogP contribution in [0.1, 0.15) is 12.7 Å². The van der Waals surface area contributed by atoms with Crippen molar-refractivity contribution in [3.8, 4) is 10.6 Å². The Morgan fingerprint density at radius 1 is 1.16 bits per heavy atom. The molecule has 3 aromatic heterocycles. The van der Waals surface area contributed by atoms with Gasteiger partial charge in [0, 0.05) is 0 Å². The highest BCUT2D eigenvalue weighted by atomic mass is 32.1. The molecule has 0 amide bonds. The summed E-state index contributed by atoms with van der Waals surface area (Å²) in [5, 5.41) is 7.07. The van der Waals surface area contributed by atoms with Crippen molar-refractivity contribution in [3.63, 3.8) is 0 Å². The maximum absolute atomic E-state index is 4.53. The SMILES string of the molecule is CCNC.Cc1nc(-c2cccs2)c2sccc2n1. The zero-order valence-electron chi connectivity index (χ0n) is 11.3. The highest BCUT2D eigenvalue weighted by Crippen LogP contribution is 2.32. The van der Waals surface area contributed by atoms with Crippen LogP contribution in [0.15, 0.2) is 29.0 Å². The summed E-state index contributed by atoms with van der Waals surface area (Å²) in [6.45, 7) is 5.08. The van der Waals surface area contributed by atoms with Crippen molar-refractivity contribution in [2.24, 2.45) is 0 Å². The number of nitrogens with one attached hydrogen (secondary N) is 1. The number of fused-ring (bicyclic) bond motifs is 1. The van der Waals surface area contributed by atoms with Crippen molar-refractivity contribution < 1.29 is 0 Å². The van der Waals surface area contributed by atoms with Crippen molar-refractivity contribution in [2.75, 3.05) is 13.6 Å². The number of thiophene rings is 2. The maximum Gasteiger partial charge on any atom is 0.126 e. The van der Waals surface area contributed by atoms with E-state index in [2.05, 4.69) is 45.1 Å². The molecular formula is C14H17N3S2. The standard InChI is InChI=1S/C11H8N2S2.C3H9N/c1-7-12-8-4-6-15-11(8)10(13-7)9-3-2-5-14-9;1-3-4-2/h2-6H,1H3;4H,3H2,1-2H3. The molecule has 0 aliphatic carbocycles. The molecule has 3 rings (SSSR count). The van der Waals surface area contributed by atoms with Gasteiger partial charge in [-0.25, -0.2) is 9.97 Å². The van der Waals surface area contributed by atoms with Crippen molar-refractivity contribution in [1.29, 1.82) is 0 Å². The molecule has 0 saturated carbocycles. The van der Waals surface area contributed by atoms with Gasteiger partial charge in [0.1, 0.15) is 11.5 Å². The number of aryl methyl sites for hydroxylation is 1. The van der Waals surface area contributed by atoms with E-state index in [0.717, 1.165) is 23.6 Å². The Hall–Kier alpha value is -1.30. The van der Waals surface area contributed by atoms with Crippen LogP contribution in [0.3, 0.4) is 0 Å². The van der Waals surface area contributed by atoms with E-state index in [1.807, 2.05) is 20.0 Å². The second-order valence-corrected chi connectivity index (χ2v) is 5.80. The summed E-state index contributed by atoms with van der Waals surface area (Å²) in [6, 6.07) is 6.20. The molecule has 3 heterocycles. The van der Waals surface area contributed by atoms with E-state index in [9.17, 15) is 0 Å². The Morgan fingerprint density at radius 3 is 2.58 bits per heavy atom. The lowest BCUT2D eigenvalue weighted by Gasteiger charge is -2.00. The monoisotopic (exact) mass is 291 g/mol. The molecule has 0 fully saturated rings. The third-order valence-electron chi connectivity index (χ3n) is 2.52. The second-order valence-electron chi connectivity index (χ2n) is 3.94. The van der Waals surface area contributed by atoms with Crippen molar-refractivity contribution in [3.05, 3.63) is 34.8 Å². The van der Waals surface area contributed by atoms with E-state index >= 15 is 0 Å². The average Bonchev–Trinajstić information content (AvgIpc) is 3.08. The highest BCUT2D eigenvalue weighted by Gasteiger charge is 2.09. The summed E-state index contributed by atoms with van der Waals surface area (Å²) in [5.74, 6) is 0.837. The first-order chi connectivity index (χ1) is 9.26. The normalized spacial score (nSPS) is 10.3. The summed E-state index contributed by atoms with van der Waals surface area (Å²) >= 11 is 3.42. The number of aromatic nitrogens is 2. The highest BCUT2D eigenvalue weighted by molar-refractivity contribution is 7.18. The van der Waals surface area contributed by atoms with Gasteiger partial charge in [-0.3, -0.25) is 0 Å². The molecule has 0 aliphatic heterocycles. The molecule has 0 aliphatic rings. The molecular weight excluding hydrogens is 274 g/mol. The first-order valence-corrected chi connectivity index (χ1v) is 7.92. The van der Waals surface area contributed by atoms with Gasteiger partial charge >= 0.3 is 0 Å². The van der Waals surface area contributed by atoms with E-state index in [0.29, 0.717) is 0 Å². The van der Waals surface area contributed by atoms with Crippen LogP contribution in [0.4, 0.5) is 0 Å². The first kappa shape index (κ1) is 14.1. The molecule has 0 spiro atoms. The van der Waals surface area contributed by atoms with E-state index < -0.39 is 0 Å². The van der Waals surface area contributed by atoms with Gasteiger partial charge in [0.2, 0.25) is 0 Å². The minimum Gasteiger partial charge on any atom is -0.320 e. The van der Waals surface area contributed by atoms with Crippen LogP contribution >= 0.6 is 22.7 Å². The fourth-order valence-corrected chi connectivity index (χ4v) is 3.18. The van der Waals surface area contributed by atoms with Gasteiger partial charge in [-0.2, -0.15) is 0 Å². The lowest BCUT2D eigenvalue weighted by Crippen LogP contribution is -2.01. The molecule has 0 atom stereocenters. The van der Waals surface area contributed by atoms with Gasteiger partial charge in [0.15, 0.2) is 0 Å². The van der Waals surface area contributed by atoms with Crippen LogP contribution in [-0.4, -0.2) is 23.6 Å². The molecule has 3 aromatic rings. The Labute approximate surface area is 121 Å². The van der Waals surface area contributed by atoms with Crippen molar-refractivity contribution >= 4 is 32.9 Å². The zero-order valence-corrected chi connectivity index (χ0v) is 12.9. The Balaban J connectivity index is 0.000000297. The quantitative estimate of drug-likeness (QED) is 0.777. The summed E-state index contributed by atoms with van der Waals surface area (Å²) in [6.07, 6.45) is 0. The largest absolute Gasteiger partial charge is 0.320 e. The fourth-order valence-electron chi connectivity index (χ4n) is 1.56. The molecule has 0 radical (unpaired) electrons. The van der Waals surface area contributed by atoms with Crippen LogP contribution in [0, 0.1) is 6.92 Å². The van der Waals surface area contributed by atoms with Crippen LogP contribution in [-0.2, 0) is 0 Å². The van der Waals surface area contributed by atoms with E-state index in [1.165, 1.54) is 9.58 Å². The van der Waals surface area contributed by atoms with E-state index in [-0.39, 0.29) is 0 Å². The summed E-state index contributed by atoms with van der Waals surface area (Å²) in [7, 11) is 1.93. The molecule has 0 unspecified atom stereocenters. The fraction of sp³-hybridized carbons (Fsp3) is 0.286. The smallest absolute Gasteiger partial charge is 0.126 e. The predicted octanol–water partition coefficient (Wildman–Crippen LogP) is 3.95. The molecule has 1 N–H and O–H groups in total. The molecule has 0 bridgehead atoms. The lowest BCUT2D eigenvalue weighted by molar-refractivity contribution is 0.864. The van der Waals surface area contributed by atoms with E-state index in [4.69, 9.17) is 0 Å². The zero-order chi connectivity index (χ0) is 13.7. The van der Waals surface area contributed by atoms with E-state index in [1.54, 1.807) is 22.7 Å². The first-order valence-electron chi connectivity index (χ1n) is 6.16. The van der Waals surface area contributed by atoms with Crippen molar-refractivity contribution in [1.82, 2.24) is 15.3 Å². The molecule has 19 heavy (non-hydrogen) atoms. The van der Waals surface area contributed by atoms with Crippen LogP contribution < -0.4 is 5.32 Å². The number of nitrogens with zero attached hydrogens (tertiary/aromatic N) is 2. The average molecular weight is 291 g/mol. The Morgan fingerprint density at radius 2 is 1.95 bits per heavy atom. The summed E-state index contributed by atoms with van der Waals surface area (Å²) in [5.41, 5.74) is 2.12. The third-order valence-corrected chi connectivity index (χ3v) is 4.31. The number of hydrogen-bond donors (Lipinski definition) is 1. The lowest BCUT2D eigenvalue weighted by atomic mass is 10.3. The minimum absolute atomic E-state index is 0.837. The number of hydrogen-bond acceptors (Lipinski definition) is 5. The third kappa shape index (κ3) is 3.37.